The van der Waals surface area contributed by atoms with Crippen molar-refractivity contribution >= 4 is 0 Å². The van der Waals surface area contributed by atoms with Gasteiger partial charge in [0.1, 0.15) is 23.9 Å². The number of hydrogen-bond acceptors (Lipinski definition) is 4. The molecule has 4 heteroatoms. The number of hydrogen-bond donors (Lipinski definition) is 3. The quantitative estimate of drug-likeness (QED) is 0.708. The summed E-state index contributed by atoms with van der Waals surface area (Å²) in [7, 11) is 0. The molecule has 3 N–H and O–H groups in total. The molecular weight excluding hydrogens is 254 g/mol. The fourth-order valence-corrected chi connectivity index (χ4v) is 1.97. The minimum Gasteiger partial charge on any atom is -0.508 e. The molecule has 0 fully saturated rings. The van der Waals surface area contributed by atoms with Gasteiger partial charge in [0.05, 0.1) is 0 Å². The van der Waals surface area contributed by atoms with Crippen LogP contribution in [-0.4, -0.2) is 23.4 Å². The van der Waals surface area contributed by atoms with E-state index in [9.17, 15) is 10.2 Å². The van der Waals surface area contributed by atoms with Crippen LogP contribution in [0.1, 0.15) is 18.5 Å². The maximum Gasteiger partial charge on any atom is 0.124 e. The molecular formula is C16H19NO3. The summed E-state index contributed by atoms with van der Waals surface area (Å²) in [4.78, 5) is 0. The smallest absolute Gasteiger partial charge is 0.124 e. The molecule has 2 aromatic carbocycles. The molecule has 0 bridgehead atoms. The first-order chi connectivity index (χ1) is 9.66. The van der Waals surface area contributed by atoms with Crippen LogP contribution in [-0.2, 0) is 0 Å². The monoisotopic (exact) mass is 273 g/mol. The van der Waals surface area contributed by atoms with E-state index < -0.39 is 0 Å². The third-order valence-corrected chi connectivity index (χ3v) is 3.05. The van der Waals surface area contributed by atoms with Gasteiger partial charge in [0, 0.05) is 24.2 Å². The Morgan fingerprint density at radius 1 is 1.10 bits per heavy atom. The second kappa shape index (κ2) is 6.82. The largest absolute Gasteiger partial charge is 0.508 e. The van der Waals surface area contributed by atoms with Crippen molar-refractivity contribution in [2.45, 2.75) is 13.0 Å². The molecule has 2 aromatic rings. The van der Waals surface area contributed by atoms with Crippen LogP contribution in [0.15, 0.2) is 48.5 Å². The lowest BCUT2D eigenvalue weighted by Gasteiger charge is -2.16. The van der Waals surface area contributed by atoms with E-state index in [-0.39, 0.29) is 17.5 Å². The van der Waals surface area contributed by atoms with E-state index in [0.717, 1.165) is 11.3 Å². The summed E-state index contributed by atoms with van der Waals surface area (Å²) in [6, 6.07) is 14.2. The molecule has 0 spiro atoms. The normalized spacial score (nSPS) is 12.1. The highest BCUT2D eigenvalue weighted by Gasteiger charge is 2.10. The molecule has 0 aliphatic rings. The zero-order valence-electron chi connectivity index (χ0n) is 11.4. The van der Waals surface area contributed by atoms with Crippen molar-refractivity contribution in [3.63, 3.8) is 0 Å². The highest BCUT2D eigenvalue weighted by Crippen LogP contribution is 2.27. The van der Waals surface area contributed by atoms with E-state index in [1.54, 1.807) is 12.1 Å². The van der Waals surface area contributed by atoms with Crippen LogP contribution in [0.5, 0.6) is 17.2 Å². The topological polar surface area (TPSA) is 61.7 Å². The van der Waals surface area contributed by atoms with Crippen LogP contribution in [0.3, 0.4) is 0 Å². The van der Waals surface area contributed by atoms with E-state index in [1.165, 1.54) is 6.07 Å². The van der Waals surface area contributed by atoms with Crippen LogP contribution in [0.4, 0.5) is 0 Å². The lowest BCUT2D eigenvalue weighted by atomic mass is 10.1. The molecule has 0 aliphatic carbocycles. The number of nitrogens with one attached hydrogen (secondary N) is 1. The number of ether oxygens (including phenoxy) is 1. The van der Waals surface area contributed by atoms with Crippen molar-refractivity contribution in [3.05, 3.63) is 54.1 Å². The van der Waals surface area contributed by atoms with E-state index in [4.69, 9.17) is 4.74 Å². The summed E-state index contributed by atoms with van der Waals surface area (Å²) in [6.07, 6.45) is 0. The average Bonchev–Trinajstić information content (AvgIpc) is 2.44. The molecule has 0 aromatic heterocycles. The summed E-state index contributed by atoms with van der Waals surface area (Å²) < 4.78 is 5.58. The molecule has 1 atom stereocenters. The number of para-hydroxylation sites is 1. The first kappa shape index (κ1) is 14.2. The van der Waals surface area contributed by atoms with Crippen molar-refractivity contribution in [2.24, 2.45) is 0 Å². The lowest BCUT2D eigenvalue weighted by Crippen LogP contribution is -2.24. The second-order valence-corrected chi connectivity index (χ2v) is 4.58. The fraction of sp³-hybridized carbons (Fsp3) is 0.250. The van der Waals surface area contributed by atoms with Crippen molar-refractivity contribution in [2.75, 3.05) is 13.2 Å². The Kier molecular flexibility index (Phi) is 4.85. The molecule has 0 radical (unpaired) electrons. The van der Waals surface area contributed by atoms with E-state index >= 15 is 0 Å². The lowest BCUT2D eigenvalue weighted by molar-refractivity contribution is 0.306. The summed E-state index contributed by atoms with van der Waals surface area (Å²) in [5.74, 6) is 0.995. The van der Waals surface area contributed by atoms with Crippen LogP contribution in [0.25, 0.3) is 0 Å². The van der Waals surface area contributed by atoms with Gasteiger partial charge >= 0.3 is 0 Å². The Morgan fingerprint density at radius 3 is 2.55 bits per heavy atom. The average molecular weight is 273 g/mol. The first-order valence-electron chi connectivity index (χ1n) is 6.60. The van der Waals surface area contributed by atoms with Crippen LogP contribution in [0, 0.1) is 0 Å². The molecule has 106 valence electrons. The summed E-state index contributed by atoms with van der Waals surface area (Å²) >= 11 is 0. The molecule has 0 amide bonds. The summed E-state index contributed by atoms with van der Waals surface area (Å²) in [6.45, 7) is 3.16. The minimum atomic E-state index is -0.0185. The SMILES string of the molecule is CC(NCCOc1ccccc1)c1ccc(O)cc1O. The first-order valence-corrected chi connectivity index (χ1v) is 6.60. The molecule has 4 nitrogen and oxygen atoms in total. The van der Waals surface area contributed by atoms with Crippen LogP contribution >= 0.6 is 0 Å². The fourth-order valence-electron chi connectivity index (χ4n) is 1.97. The maximum atomic E-state index is 9.77. The Morgan fingerprint density at radius 2 is 1.85 bits per heavy atom. The third kappa shape index (κ3) is 3.90. The number of phenolic OH excluding ortho intramolecular Hbond substituents is 2. The van der Waals surface area contributed by atoms with Crippen molar-refractivity contribution in [1.29, 1.82) is 0 Å². The predicted molar refractivity (Wildman–Crippen MR) is 78.1 cm³/mol. The zero-order valence-corrected chi connectivity index (χ0v) is 11.4. The molecule has 0 aliphatic heterocycles. The molecule has 1 unspecified atom stereocenters. The van der Waals surface area contributed by atoms with Gasteiger partial charge in [-0.25, -0.2) is 0 Å². The van der Waals surface area contributed by atoms with Crippen molar-refractivity contribution in [3.8, 4) is 17.2 Å². The van der Waals surface area contributed by atoms with Crippen molar-refractivity contribution in [1.82, 2.24) is 5.32 Å². The van der Waals surface area contributed by atoms with Gasteiger partial charge in [-0.15, -0.1) is 0 Å². The third-order valence-electron chi connectivity index (χ3n) is 3.05. The highest BCUT2D eigenvalue weighted by molar-refractivity contribution is 5.40. The van der Waals surface area contributed by atoms with Gasteiger partial charge in [0.25, 0.3) is 0 Å². The molecule has 0 saturated carbocycles. The number of benzene rings is 2. The van der Waals surface area contributed by atoms with Gasteiger partial charge < -0.3 is 20.3 Å². The summed E-state index contributed by atoms with van der Waals surface area (Å²) in [5.41, 5.74) is 0.752. The standard InChI is InChI=1S/C16H19NO3/c1-12(15-8-7-13(18)11-16(15)19)17-9-10-20-14-5-3-2-4-6-14/h2-8,11-12,17-19H,9-10H2,1H3. The number of phenols is 2. The van der Waals surface area contributed by atoms with Gasteiger partial charge in [-0.05, 0) is 25.1 Å². The van der Waals surface area contributed by atoms with Gasteiger partial charge in [-0.3, -0.25) is 0 Å². The second-order valence-electron chi connectivity index (χ2n) is 4.58. The maximum absolute atomic E-state index is 9.77. The van der Waals surface area contributed by atoms with Gasteiger partial charge in [0.2, 0.25) is 0 Å². The van der Waals surface area contributed by atoms with E-state index in [0.29, 0.717) is 13.2 Å². The Balaban J connectivity index is 1.79. The van der Waals surface area contributed by atoms with Crippen LogP contribution in [0.2, 0.25) is 0 Å². The van der Waals surface area contributed by atoms with E-state index in [2.05, 4.69) is 5.32 Å². The molecule has 2 rings (SSSR count). The predicted octanol–water partition coefficient (Wildman–Crippen LogP) is 2.83. The van der Waals surface area contributed by atoms with Crippen molar-refractivity contribution < 1.29 is 14.9 Å². The Hall–Kier alpha value is -2.20. The van der Waals surface area contributed by atoms with Gasteiger partial charge in [-0.2, -0.15) is 0 Å². The van der Waals surface area contributed by atoms with Gasteiger partial charge in [-0.1, -0.05) is 24.3 Å². The summed E-state index contributed by atoms with van der Waals surface area (Å²) in [5, 5.41) is 22.3. The number of rotatable bonds is 6. The minimum absolute atomic E-state index is 0.0185. The molecule has 20 heavy (non-hydrogen) atoms. The Bertz CT molecular complexity index is 543. The van der Waals surface area contributed by atoms with Crippen LogP contribution < -0.4 is 10.1 Å². The van der Waals surface area contributed by atoms with E-state index in [1.807, 2.05) is 37.3 Å². The molecule has 0 heterocycles. The number of aromatic hydroxyl groups is 2. The zero-order chi connectivity index (χ0) is 14.4. The molecule has 0 saturated heterocycles. The Labute approximate surface area is 118 Å². The van der Waals surface area contributed by atoms with Gasteiger partial charge in [0.15, 0.2) is 0 Å². The highest BCUT2D eigenvalue weighted by atomic mass is 16.5.